The molecule has 7 nitrogen and oxygen atoms in total. The summed E-state index contributed by atoms with van der Waals surface area (Å²) in [5.74, 6) is 1.06. The van der Waals surface area contributed by atoms with E-state index in [1.165, 1.54) is 22.0 Å². The van der Waals surface area contributed by atoms with Crippen LogP contribution in [0.2, 0.25) is 0 Å². The number of aryl methyl sites for hydroxylation is 1. The number of likely N-dealkylation sites (N-methyl/N-ethyl adjacent to an activating group) is 1. The van der Waals surface area contributed by atoms with E-state index < -0.39 is 0 Å². The summed E-state index contributed by atoms with van der Waals surface area (Å²) in [6, 6.07) is 6.82. The van der Waals surface area contributed by atoms with Crippen molar-refractivity contribution < 1.29 is 4.79 Å². The Hall–Kier alpha value is -1.81. The van der Waals surface area contributed by atoms with Crippen LogP contribution in [0.3, 0.4) is 0 Å². The molecule has 2 aromatic rings. The molecule has 2 heterocycles. The summed E-state index contributed by atoms with van der Waals surface area (Å²) in [7, 11) is 3.63. The number of benzene rings is 1. The molecule has 1 aromatic carbocycles. The van der Waals surface area contributed by atoms with Crippen molar-refractivity contribution in [3.8, 4) is 0 Å². The first kappa shape index (κ1) is 25.5. The highest BCUT2D eigenvalue weighted by atomic mass is 127. The average Bonchev–Trinajstić information content (AvgIpc) is 3.14. The van der Waals surface area contributed by atoms with Gasteiger partial charge in [-0.1, -0.05) is 18.2 Å². The van der Waals surface area contributed by atoms with Gasteiger partial charge in [0.05, 0.1) is 6.54 Å². The number of para-hydroxylation sites is 1. The molecule has 0 saturated carbocycles. The molecule has 0 spiro atoms. The lowest BCUT2D eigenvalue weighted by atomic mass is 10.1. The molecule has 1 fully saturated rings. The van der Waals surface area contributed by atoms with Crippen LogP contribution in [-0.4, -0.2) is 79.5 Å². The van der Waals surface area contributed by atoms with E-state index >= 15 is 0 Å². The zero-order valence-electron chi connectivity index (χ0n) is 19.2. The Morgan fingerprint density at radius 1 is 1.29 bits per heavy atom. The summed E-state index contributed by atoms with van der Waals surface area (Å²) in [6.07, 6.45) is 5.06. The molecule has 1 aliphatic heterocycles. The van der Waals surface area contributed by atoms with Gasteiger partial charge in [-0.2, -0.15) is 0 Å². The van der Waals surface area contributed by atoms with Crippen molar-refractivity contribution in [2.24, 2.45) is 4.99 Å². The van der Waals surface area contributed by atoms with Gasteiger partial charge >= 0.3 is 0 Å². The number of fused-ring (bicyclic) bond motifs is 1. The van der Waals surface area contributed by atoms with Crippen molar-refractivity contribution >= 4 is 46.7 Å². The van der Waals surface area contributed by atoms with Gasteiger partial charge in [0.1, 0.15) is 0 Å². The number of nitrogens with one attached hydrogen (secondary N) is 3. The van der Waals surface area contributed by atoms with Crippen LogP contribution in [0.4, 0.5) is 0 Å². The van der Waals surface area contributed by atoms with Crippen molar-refractivity contribution in [2.45, 2.75) is 39.2 Å². The normalized spacial score (nSPS) is 15.5. The fraction of sp³-hybridized carbons (Fsp3) is 0.565. The van der Waals surface area contributed by atoms with Crippen molar-refractivity contribution in [1.82, 2.24) is 25.4 Å². The van der Waals surface area contributed by atoms with Crippen LogP contribution in [0.15, 0.2) is 29.4 Å². The minimum Gasteiger partial charge on any atom is -0.361 e. The lowest BCUT2D eigenvalue weighted by molar-refractivity contribution is -0.130. The van der Waals surface area contributed by atoms with E-state index in [0.717, 1.165) is 51.4 Å². The van der Waals surface area contributed by atoms with Crippen molar-refractivity contribution in [1.29, 1.82) is 0 Å². The monoisotopic (exact) mass is 540 g/mol. The Bertz CT molecular complexity index is 870. The number of rotatable bonds is 7. The minimum atomic E-state index is 0. The molecule has 1 aliphatic rings. The third kappa shape index (κ3) is 7.10. The maximum Gasteiger partial charge on any atom is 0.236 e. The molecular formula is C23H37IN6O. The number of aliphatic imine (C=N–C) groups is 1. The number of aromatic nitrogens is 1. The fourth-order valence-electron chi connectivity index (χ4n) is 3.94. The molecule has 0 aliphatic carbocycles. The predicted molar refractivity (Wildman–Crippen MR) is 139 cm³/mol. The summed E-state index contributed by atoms with van der Waals surface area (Å²) in [5.41, 5.74) is 3.81. The molecule has 0 radical (unpaired) electrons. The molecule has 172 valence electrons. The molecule has 1 saturated heterocycles. The number of halogens is 1. The van der Waals surface area contributed by atoms with Gasteiger partial charge in [-0.25, -0.2) is 0 Å². The van der Waals surface area contributed by atoms with E-state index in [9.17, 15) is 4.79 Å². The summed E-state index contributed by atoms with van der Waals surface area (Å²) in [4.78, 5) is 24.0. The Morgan fingerprint density at radius 3 is 2.71 bits per heavy atom. The van der Waals surface area contributed by atoms with Crippen LogP contribution in [0.5, 0.6) is 0 Å². The maximum atomic E-state index is 11.9. The topological polar surface area (TPSA) is 75.8 Å². The van der Waals surface area contributed by atoms with E-state index in [2.05, 4.69) is 58.8 Å². The van der Waals surface area contributed by atoms with Gasteiger partial charge in [-0.15, -0.1) is 24.0 Å². The standard InChI is InChI=1S/C23H36N6O.HI/c1-5-24-23(27-19-10-13-29(14-11-19)16-21(30)28(3)4)25-12-9-18-15-26-22-17(2)7-6-8-20(18)22;/h6-8,15,19,26H,5,9-14,16H2,1-4H3,(H2,24,25,27);1H. The zero-order valence-corrected chi connectivity index (χ0v) is 21.5. The van der Waals surface area contributed by atoms with E-state index in [4.69, 9.17) is 4.99 Å². The number of aromatic amines is 1. The first-order valence-corrected chi connectivity index (χ1v) is 11.0. The number of H-pyrrole nitrogens is 1. The van der Waals surface area contributed by atoms with Gasteiger partial charge in [0, 0.05) is 63.4 Å². The van der Waals surface area contributed by atoms with Crippen LogP contribution in [0.25, 0.3) is 10.9 Å². The molecule has 0 bridgehead atoms. The number of hydrogen-bond donors (Lipinski definition) is 3. The Kier molecular flexibility index (Phi) is 10.1. The van der Waals surface area contributed by atoms with Gasteiger partial charge in [0.2, 0.25) is 5.91 Å². The summed E-state index contributed by atoms with van der Waals surface area (Å²) < 4.78 is 0. The van der Waals surface area contributed by atoms with Crippen molar-refractivity contribution in [3.05, 3.63) is 35.5 Å². The fourth-order valence-corrected chi connectivity index (χ4v) is 3.94. The number of piperidine rings is 1. The Morgan fingerprint density at radius 2 is 2.03 bits per heavy atom. The summed E-state index contributed by atoms with van der Waals surface area (Å²) in [5, 5.41) is 8.25. The first-order valence-electron chi connectivity index (χ1n) is 11.0. The van der Waals surface area contributed by atoms with Gasteiger partial charge < -0.3 is 20.5 Å². The van der Waals surface area contributed by atoms with E-state index in [1.807, 2.05) is 14.1 Å². The zero-order chi connectivity index (χ0) is 21.5. The second-order valence-corrected chi connectivity index (χ2v) is 8.30. The van der Waals surface area contributed by atoms with Gasteiger partial charge in [-0.05, 0) is 44.2 Å². The summed E-state index contributed by atoms with van der Waals surface area (Å²) >= 11 is 0. The molecule has 3 rings (SSSR count). The van der Waals surface area contributed by atoms with Crippen LogP contribution < -0.4 is 10.6 Å². The summed E-state index contributed by atoms with van der Waals surface area (Å²) in [6.45, 7) is 8.19. The minimum absolute atomic E-state index is 0. The molecule has 3 N–H and O–H groups in total. The average molecular weight is 540 g/mol. The maximum absolute atomic E-state index is 11.9. The molecule has 1 aromatic heterocycles. The first-order chi connectivity index (χ1) is 14.5. The number of likely N-dealkylation sites (tertiary alicyclic amines) is 1. The number of carbonyl (C=O) groups excluding carboxylic acids is 1. The highest BCUT2D eigenvalue weighted by Crippen LogP contribution is 2.21. The van der Waals surface area contributed by atoms with E-state index in [1.54, 1.807) is 4.90 Å². The SMILES string of the molecule is CCNC(=NCCc1c[nH]c2c(C)cccc12)NC1CCN(CC(=O)N(C)C)CC1.I. The van der Waals surface area contributed by atoms with Gasteiger partial charge in [-0.3, -0.25) is 14.7 Å². The van der Waals surface area contributed by atoms with Crippen LogP contribution in [-0.2, 0) is 11.2 Å². The molecular weight excluding hydrogens is 503 g/mol. The number of amides is 1. The van der Waals surface area contributed by atoms with Gasteiger partial charge in [0.15, 0.2) is 5.96 Å². The van der Waals surface area contributed by atoms with Crippen LogP contribution in [0.1, 0.15) is 30.9 Å². The number of nitrogens with zero attached hydrogens (tertiary/aromatic N) is 3. The predicted octanol–water partition coefficient (Wildman–Crippen LogP) is 2.74. The number of hydrogen-bond acceptors (Lipinski definition) is 3. The highest BCUT2D eigenvalue weighted by Gasteiger charge is 2.22. The highest BCUT2D eigenvalue weighted by molar-refractivity contribution is 14.0. The van der Waals surface area contributed by atoms with Crippen LogP contribution >= 0.6 is 24.0 Å². The molecule has 0 atom stereocenters. The molecule has 0 unspecified atom stereocenters. The third-order valence-electron chi connectivity index (χ3n) is 5.79. The second kappa shape index (κ2) is 12.3. The quantitative estimate of drug-likeness (QED) is 0.287. The van der Waals surface area contributed by atoms with E-state index in [0.29, 0.717) is 12.6 Å². The van der Waals surface area contributed by atoms with Crippen molar-refractivity contribution in [3.63, 3.8) is 0 Å². The smallest absolute Gasteiger partial charge is 0.236 e. The third-order valence-corrected chi connectivity index (χ3v) is 5.79. The Balaban J connectivity index is 0.00000341. The number of carbonyl (C=O) groups is 1. The Labute approximate surface area is 203 Å². The van der Waals surface area contributed by atoms with Crippen molar-refractivity contribution in [2.75, 3.05) is 46.8 Å². The largest absolute Gasteiger partial charge is 0.361 e. The molecule has 1 amide bonds. The van der Waals surface area contributed by atoms with Crippen LogP contribution in [0, 0.1) is 6.92 Å². The number of guanidine groups is 1. The lowest BCUT2D eigenvalue weighted by Gasteiger charge is -2.33. The lowest BCUT2D eigenvalue weighted by Crippen LogP contribution is -2.50. The molecule has 31 heavy (non-hydrogen) atoms. The second-order valence-electron chi connectivity index (χ2n) is 8.30. The van der Waals surface area contributed by atoms with Gasteiger partial charge in [0.25, 0.3) is 0 Å². The van der Waals surface area contributed by atoms with E-state index in [-0.39, 0.29) is 29.9 Å². The molecule has 8 heteroatoms.